The van der Waals surface area contributed by atoms with Crippen LogP contribution < -0.4 is 5.32 Å². The van der Waals surface area contributed by atoms with Gasteiger partial charge < -0.3 is 10.1 Å². The first-order valence-electron chi connectivity index (χ1n) is 8.03. The summed E-state index contributed by atoms with van der Waals surface area (Å²) in [7, 11) is 0. The minimum atomic E-state index is 0.387. The Bertz CT molecular complexity index is 345. The molecule has 0 heterocycles. The van der Waals surface area contributed by atoms with Gasteiger partial charge in [0.2, 0.25) is 0 Å². The van der Waals surface area contributed by atoms with Crippen LogP contribution in [-0.2, 0) is 11.2 Å². The second-order valence-corrected chi connectivity index (χ2v) is 5.99. The SMILES string of the molecule is CCCCc1ccc(C(C)NCCOCC(C)C)cc1. The molecule has 1 aromatic rings. The largest absolute Gasteiger partial charge is 0.380 e. The van der Waals surface area contributed by atoms with Crippen LogP contribution in [0.3, 0.4) is 0 Å². The Morgan fingerprint density at radius 3 is 2.40 bits per heavy atom. The molecular formula is C18H31NO. The predicted octanol–water partition coefficient (Wildman–Crippen LogP) is 4.35. The number of nitrogens with one attached hydrogen (secondary N) is 1. The highest BCUT2D eigenvalue weighted by atomic mass is 16.5. The third-order valence-electron chi connectivity index (χ3n) is 3.45. The monoisotopic (exact) mass is 277 g/mol. The van der Waals surface area contributed by atoms with E-state index in [9.17, 15) is 0 Å². The summed E-state index contributed by atoms with van der Waals surface area (Å²) < 4.78 is 5.58. The van der Waals surface area contributed by atoms with E-state index in [1.807, 2.05) is 0 Å². The molecular weight excluding hydrogens is 246 g/mol. The van der Waals surface area contributed by atoms with Gasteiger partial charge in [-0.3, -0.25) is 0 Å². The lowest BCUT2D eigenvalue weighted by molar-refractivity contribution is 0.110. The molecule has 1 aromatic carbocycles. The number of ether oxygens (including phenoxy) is 1. The first-order chi connectivity index (χ1) is 9.63. The van der Waals surface area contributed by atoms with E-state index in [0.717, 1.165) is 19.8 Å². The average molecular weight is 277 g/mol. The highest BCUT2D eigenvalue weighted by Crippen LogP contribution is 2.14. The van der Waals surface area contributed by atoms with Crippen molar-refractivity contribution in [1.82, 2.24) is 5.32 Å². The van der Waals surface area contributed by atoms with Gasteiger partial charge in [0.1, 0.15) is 0 Å². The van der Waals surface area contributed by atoms with E-state index >= 15 is 0 Å². The smallest absolute Gasteiger partial charge is 0.0591 e. The number of hydrogen-bond acceptors (Lipinski definition) is 2. The molecule has 1 rings (SSSR count). The van der Waals surface area contributed by atoms with Crippen LogP contribution in [0, 0.1) is 5.92 Å². The predicted molar refractivity (Wildman–Crippen MR) is 87.1 cm³/mol. The molecule has 0 bridgehead atoms. The maximum atomic E-state index is 5.58. The van der Waals surface area contributed by atoms with Crippen molar-refractivity contribution in [2.24, 2.45) is 5.92 Å². The van der Waals surface area contributed by atoms with Crippen molar-refractivity contribution < 1.29 is 4.74 Å². The van der Waals surface area contributed by atoms with Crippen LogP contribution in [0.2, 0.25) is 0 Å². The first-order valence-corrected chi connectivity index (χ1v) is 8.03. The van der Waals surface area contributed by atoms with Gasteiger partial charge in [0.05, 0.1) is 6.61 Å². The van der Waals surface area contributed by atoms with E-state index in [0.29, 0.717) is 12.0 Å². The fraction of sp³-hybridized carbons (Fsp3) is 0.667. The second-order valence-electron chi connectivity index (χ2n) is 5.99. The van der Waals surface area contributed by atoms with Crippen molar-refractivity contribution in [3.05, 3.63) is 35.4 Å². The van der Waals surface area contributed by atoms with Crippen molar-refractivity contribution in [2.75, 3.05) is 19.8 Å². The Kier molecular flexibility index (Phi) is 8.56. The molecule has 0 aliphatic rings. The van der Waals surface area contributed by atoms with Crippen molar-refractivity contribution in [3.8, 4) is 0 Å². The number of hydrogen-bond donors (Lipinski definition) is 1. The maximum Gasteiger partial charge on any atom is 0.0591 e. The average Bonchev–Trinajstić information content (AvgIpc) is 2.44. The Labute approximate surface area is 124 Å². The van der Waals surface area contributed by atoms with Gasteiger partial charge in [0, 0.05) is 19.2 Å². The van der Waals surface area contributed by atoms with Crippen LogP contribution in [0.5, 0.6) is 0 Å². The highest BCUT2D eigenvalue weighted by Gasteiger charge is 2.04. The summed E-state index contributed by atoms with van der Waals surface area (Å²) in [5.41, 5.74) is 2.80. The fourth-order valence-electron chi connectivity index (χ4n) is 2.14. The van der Waals surface area contributed by atoms with E-state index < -0.39 is 0 Å². The molecule has 0 radical (unpaired) electrons. The number of aryl methyl sites for hydroxylation is 1. The quantitative estimate of drug-likeness (QED) is 0.642. The number of unbranched alkanes of at least 4 members (excludes halogenated alkanes) is 1. The molecule has 0 amide bonds. The highest BCUT2D eigenvalue weighted by molar-refractivity contribution is 5.24. The molecule has 1 N–H and O–H groups in total. The molecule has 1 unspecified atom stereocenters. The molecule has 0 aromatic heterocycles. The summed E-state index contributed by atoms with van der Waals surface area (Å²) in [5.74, 6) is 0.614. The van der Waals surface area contributed by atoms with Crippen LogP contribution >= 0.6 is 0 Å². The Morgan fingerprint density at radius 2 is 1.80 bits per heavy atom. The third-order valence-corrected chi connectivity index (χ3v) is 3.45. The van der Waals surface area contributed by atoms with Gasteiger partial charge >= 0.3 is 0 Å². The van der Waals surface area contributed by atoms with E-state index in [-0.39, 0.29) is 0 Å². The Hall–Kier alpha value is -0.860. The van der Waals surface area contributed by atoms with Gasteiger partial charge in [0.15, 0.2) is 0 Å². The standard InChI is InChI=1S/C18H31NO/c1-5-6-7-17-8-10-18(11-9-17)16(4)19-12-13-20-14-15(2)3/h8-11,15-16,19H,5-7,12-14H2,1-4H3. The lowest BCUT2D eigenvalue weighted by Crippen LogP contribution is -2.23. The molecule has 20 heavy (non-hydrogen) atoms. The fourth-order valence-corrected chi connectivity index (χ4v) is 2.14. The minimum absolute atomic E-state index is 0.387. The van der Waals surface area contributed by atoms with Crippen LogP contribution in [0.1, 0.15) is 57.7 Å². The molecule has 2 nitrogen and oxygen atoms in total. The zero-order valence-corrected chi connectivity index (χ0v) is 13.6. The molecule has 0 aliphatic carbocycles. The van der Waals surface area contributed by atoms with Crippen molar-refractivity contribution in [3.63, 3.8) is 0 Å². The summed E-state index contributed by atoms with van der Waals surface area (Å²) in [5, 5.41) is 3.51. The van der Waals surface area contributed by atoms with Gasteiger partial charge in [-0.1, -0.05) is 51.5 Å². The summed E-state index contributed by atoms with van der Waals surface area (Å²) in [4.78, 5) is 0. The zero-order valence-electron chi connectivity index (χ0n) is 13.6. The number of rotatable bonds is 10. The van der Waals surface area contributed by atoms with E-state index in [1.54, 1.807) is 0 Å². The topological polar surface area (TPSA) is 21.3 Å². The van der Waals surface area contributed by atoms with Gasteiger partial charge in [-0.25, -0.2) is 0 Å². The summed E-state index contributed by atoms with van der Waals surface area (Å²) in [6.07, 6.45) is 3.73. The third kappa shape index (κ3) is 7.06. The normalized spacial score (nSPS) is 12.8. The van der Waals surface area contributed by atoms with Crippen molar-refractivity contribution in [1.29, 1.82) is 0 Å². The molecule has 0 spiro atoms. The summed E-state index contributed by atoms with van der Waals surface area (Å²) >= 11 is 0. The summed E-state index contributed by atoms with van der Waals surface area (Å²) in [6, 6.07) is 9.41. The van der Waals surface area contributed by atoms with Crippen LogP contribution in [0.15, 0.2) is 24.3 Å². The molecule has 0 saturated heterocycles. The van der Waals surface area contributed by atoms with Gasteiger partial charge in [-0.2, -0.15) is 0 Å². The molecule has 0 aliphatic heterocycles. The lowest BCUT2D eigenvalue weighted by Gasteiger charge is -2.15. The Balaban J connectivity index is 2.26. The maximum absolute atomic E-state index is 5.58. The van der Waals surface area contributed by atoms with Crippen molar-refractivity contribution >= 4 is 0 Å². The molecule has 1 atom stereocenters. The zero-order chi connectivity index (χ0) is 14.8. The summed E-state index contributed by atoms with van der Waals surface area (Å²) in [6.45, 7) is 11.3. The van der Waals surface area contributed by atoms with Gasteiger partial charge in [-0.15, -0.1) is 0 Å². The van der Waals surface area contributed by atoms with Crippen LogP contribution in [0.4, 0.5) is 0 Å². The van der Waals surface area contributed by atoms with E-state index in [1.165, 1.54) is 30.4 Å². The molecule has 0 fully saturated rings. The minimum Gasteiger partial charge on any atom is -0.380 e. The van der Waals surface area contributed by atoms with Crippen molar-refractivity contribution in [2.45, 2.75) is 53.0 Å². The van der Waals surface area contributed by atoms with Crippen LogP contribution in [-0.4, -0.2) is 19.8 Å². The first kappa shape index (κ1) is 17.2. The lowest BCUT2D eigenvalue weighted by atomic mass is 10.0. The Morgan fingerprint density at radius 1 is 1.10 bits per heavy atom. The van der Waals surface area contributed by atoms with Gasteiger partial charge in [-0.05, 0) is 36.8 Å². The van der Waals surface area contributed by atoms with Gasteiger partial charge in [0.25, 0.3) is 0 Å². The van der Waals surface area contributed by atoms with E-state index in [4.69, 9.17) is 4.74 Å². The second kappa shape index (κ2) is 9.95. The molecule has 2 heteroatoms. The molecule has 0 saturated carbocycles. The van der Waals surface area contributed by atoms with Crippen LogP contribution in [0.25, 0.3) is 0 Å². The molecule has 114 valence electrons. The number of benzene rings is 1. The van der Waals surface area contributed by atoms with E-state index in [2.05, 4.69) is 57.3 Å².